The number of nitrogens with one attached hydrogen (secondary N) is 3. The summed E-state index contributed by atoms with van der Waals surface area (Å²) >= 11 is 3.23. The van der Waals surface area contributed by atoms with E-state index in [0.717, 1.165) is 39.8 Å². The van der Waals surface area contributed by atoms with Gasteiger partial charge in [0, 0.05) is 63.8 Å². The molecule has 4 aromatic heterocycles. The molecule has 1 saturated heterocycles. The Morgan fingerprint density at radius 1 is 0.714 bits per heavy atom. The van der Waals surface area contributed by atoms with Crippen LogP contribution in [0.2, 0.25) is 0 Å². The summed E-state index contributed by atoms with van der Waals surface area (Å²) in [6.07, 6.45) is 0. The minimum atomic E-state index is -0.715. The van der Waals surface area contributed by atoms with Crippen LogP contribution in [0, 0.1) is 12.3 Å². The van der Waals surface area contributed by atoms with Crippen LogP contribution in [0.3, 0.4) is 0 Å². The molecule has 0 saturated carbocycles. The Hall–Kier alpha value is -6.69. The highest BCUT2D eigenvalue weighted by atomic mass is 32.1. The van der Waals surface area contributed by atoms with Gasteiger partial charge in [0.2, 0.25) is 0 Å². The molecule has 0 bridgehead atoms. The maximum Gasteiger partial charge on any atom is 0.272 e. The molecule has 2 aromatic carbocycles. The van der Waals surface area contributed by atoms with Gasteiger partial charge in [0.25, 0.3) is 39.4 Å². The fourth-order valence-corrected chi connectivity index (χ4v) is 8.53. The number of nitrogen functional groups attached to an aromatic ring is 1. The van der Waals surface area contributed by atoms with Gasteiger partial charge in [-0.05, 0) is 19.1 Å². The minimum Gasteiger partial charge on any atom is -0.504 e. The summed E-state index contributed by atoms with van der Waals surface area (Å²) < 4.78 is 15.9. The van der Waals surface area contributed by atoms with Crippen LogP contribution >= 0.6 is 34.0 Å². The van der Waals surface area contributed by atoms with Gasteiger partial charge in [-0.1, -0.05) is 6.92 Å². The van der Waals surface area contributed by atoms with E-state index in [9.17, 15) is 48.9 Å². The molecule has 1 atom stereocenters. The van der Waals surface area contributed by atoms with E-state index in [2.05, 4.69) is 16.0 Å². The standard InChI is InChI=1S/C21H23N3O6S.C12H12N2O5S.C7H10N2O2S/c1-10-5-6-12(30-10)19(21(2)8-29-9-21)23-14-13(16(26)17(14)27)22-11-7-31-18(15(11)25)20(28)24(3)4;1-14(2)12(18)11-7(15)5(4-20-11)13-6-8(16)9(17)10(6)19-3;1-9(2)7(11)6-5(10)4(8)3-12-6/h5-7,19,22-23,25H,8-9H2,1-4H3;4,13,15H,1-3H3;3,10H,8H2,1-2H3/t19-;;/m0../s1. The number of aryl methyl sites for hydroxylation is 1. The third-order valence-electron chi connectivity index (χ3n) is 9.52. The third-order valence-corrected chi connectivity index (χ3v) is 12.4. The van der Waals surface area contributed by atoms with Crippen molar-refractivity contribution < 1.29 is 43.6 Å². The van der Waals surface area contributed by atoms with Crippen molar-refractivity contribution in [3.63, 3.8) is 0 Å². The number of nitrogens with zero attached hydrogens (tertiary/aromatic N) is 3. The van der Waals surface area contributed by atoms with Crippen LogP contribution in [0.15, 0.2) is 51.9 Å². The molecule has 1 aliphatic rings. The van der Waals surface area contributed by atoms with Crippen molar-refractivity contribution in [2.75, 3.05) is 84.3 Å². The number of ether oxygens (including phenoxy) is 2. The molecule has 63 heavy (non-hydrogen) atoms. The number of carbonyl (C=O) groups excluding carboxylic acids is 3. The monoisotopic (exact) mass is 927 g/mol. The number of carbonyl (C=O) groups is 3. The lowest BCUT2D eigenvalue weighted by atomic mass is 9.79. The molecule has 23 heteroatoms. The first-order chi connectivity index (χ1) is 29.5. The molecule has 0 unspecified atom stereocenters. The zero-order valence-electron chi connectivity index (χ0n) is 35.4. The van der Waals surface area contributed by atoms with Crippen molar-refractivity contribution in [2.45, 2.75) is 19.9 Å². The number of amides is 3. The van der Waals surface area contributed by atoms with Gasteiger partial charge in [-0.2, -0.15) is 0 Å². The Morgan fingerprint density at radius 3 is 1.56 bits per heavy atom. The van der Waals surface area contributed by atoms with Gasteiger partial charge in [0.15, 0.2) is 23.0 Å². The van der Waals surface area contributed by atoms with Crippen molar-refractivity contribution in [2.24, 2.45) is 5.41 Å². The maximum atomic E-state index is 12.4. The van der Waals surface area contributed by atoms with Crippen LogP contribution in [0.5, 0.6) is 23.0 Å². The molecular weight excluding hydrogens is 883 g/mol. The smallest absolute Gasteiger partial charge is 0.272 e. The second-order valence-electron chi connectivity index (χ2n) is 15.0. The zero-order valence-corrected chi connectivity index (χ0v) is 37.9. The Labute approximate surface area is 370 Å². The molecule has 3 amide bonds. The first kappa shape index (κ1) is 47.4. The lowest BCUT2D eigenvalue weighted by Crippen LogP contribution is -2.49. The van der Waals surface area contributed by atoms with Gasteiger partial charge in [-0.3, -0.25) is 33.6 Å². The number of nitrogens with two attached hydrogens (primary N) is 1. The first-order valence-corrected chi connectivity index (χ1v) is 21.1. The van der Waals surface area contributed by atoms with E-state index in [0.29, 0.717) is 19.0 Å². The summed E-state index contributed by atoms with van der Waals surface area (Å²) in [7, 11) is 10.8. The average Bonchev–Trinajstić information content (AvgIpc) is 4.02. The Bertz CT molecular complexity index is 2810. The van der Waals surface area contributed by atoms with Gasteiger partial charge in [0.1, 0.15) is 43.2 Å². The van der Waals surface area contributed by atoms with Crippen LogP contribution in [-0.2, 0) is 4.74 Å². The molecule has 8 N–H and O–H groups in total. The number of hydrogen-bond acceptors (Lipinski definition) is 20. The van der Waals surface area contributed by atoms with Gasteiger partial charge in [0.05, 0.1) is 43.4 Å². The van der Waals surface area contributed by atoms with Crippen LogP contribution in [0.25, 0.3) is 0 Å². The zero-order chi connectivity index (χ0) is 46.8. The number of hydrogen-bond donors (Lipinski definition) is 7. The van der Waals surface area contributed by atoms with Crippen molar-refractivity contribution >= 4 is 85.9 Å². The molecule has 5 heterocycles. The van der Waals surface area contributed by atoms with E-state index in [1.165, 1.54) is 32.6 Å². The lowest BCUT2D eigenvalue weighted by Gasteiger charge is -2.44. The number of furan rings is 1. The van der Waals surface area contributed by atoms with Crippen molar-refractivity contribution in [3.05, 3.63) is 95.3 Å². The summed E-state index contributed by atoms with van der Waals surface area (Å²) in [6, 6.07) is 3.28. The number of anilines is 6. The van der Waals surface area contributed by atoms with E-state index in [-0.39, 0.29) is 101 Å². The van der Waals surface area contributed by atoms with E-state index >= 15 is 0 Å². The summed E-state index contributed by atoms with van der Waals surface area (Å²) in [5, 5.41) is 42.8. The summed E-state index contributed by atoms with van der Waals surface area (Å²) in [5.41, 5.74) is 3.03. The number of aromatic hydroxyl groups is 3. The molecule has 6 aromatic rings. The highest BCUT2D eigenvalue weighted by Crippen LogP contribution is 2.44. The van der Waals surface area contributed by atoms with Crippen molar-refractivity contribution in [1.29, 1.82) is 0 Å². The predicted molar refractivity (Wildman–Crippen MR) is 241 cm³/mol. The molecule has 336 valence electrons. The number of thiophene rings is 3. The van der Waals surface area contributed by atoms with Crippen LogP contribution < -0.4 is 48.1 Å². The lowest BCUT2D eigenvalue weighted by molar-refractivity contribution is -0.115. The molecule has 1 aliphatic heterocycles. The minimum absolute atomic E-state index is 0.0190. The maximum absolute atomic E-state index is 12.4. The van der Waals surface area contributed by atoms with Crippen LogP contribution in [0.1, 0.15) is 53.5 Å². The first-order valence-electron chi connectivity index (χ1n) is 18.5. The Kier molecular flexibility index (Phi) is 14.1. The third kappa shape index (κ3) is 9.40. The molecule has 0 radical (unpaired) electrons. The van der Waals surface area contributed by atoms with Gasteiger partial charge in [-0.15, -0.1) is 34.0 Å². The van der Waals surface area contributed by atoms with Gasteiger partial charge in [-0.25, -0.2) is 0 Å². The molecule has 7 rings (SSSR count). The number of rotatable bonds is 12. The second kappa shape index (κ2) is 18.7. The summed E-state index contributed by atoms with van der Waals surface area (Å²) in [4.78, 5) is 87.1. The normalized spacial score (nSPS) is 13.1. The predicted octanol–water partition coefficient (Wildman–Crippen LogP) is 3.83. The SMILES string of the molecule is CN(C)C(=O)c1scc(N)c1O.COc1c(Nc2csc(C(=O)N(C)C)c2O)c(=O)c1=O.Cc1ccc([C@H](Nc2c(Nc3csc(C(=O)N(C)C)c3O)c(=O)c2=O)C2(C)COC2)o1. The summed E-state index contributed by atoms with van der Waals surface area (Å²) in [5.74, 6) is -0.282. The largest absolute Gasteiger partial charge is 0.504 e. The quantitative estimate of drug-likeness (QED) is 0.0859. The average molecular weight is 928 g/mol. The van der Waals surface area contributed by atoms with Crippen LogP contribution in [0.4, 0.5) is 34.1 Å². The molecule has 1 fully saturated rings. The number of methoxy groups -OCH3 is 1. The Balaban J connectivity index is 0.000000199. The fraction of sp³-hybridized carbons (Fsp3) is 0.325. The highest BCUT2D eigenvalue weighted by molar-refractivity contribution is 7.13. The molecule has 20 nitrogen and oxygen atoms in total. The van der Waals surface area contributed by atoms with Gasteiger partial charge >= 0.3 is 0 Å². The van der Waals surface area contributed by atoms with E-state index in [1.807, 2.05) is 26.0 Å². The molecule has 0 aliphatic carbocycles. The Morgan fingerprint density at radius 2 is 1.16 bits per heavy atom. The topological polar surface area (TPSA) is 284 Å². The second-order valence-corrected chi connectivity index (χ2v) is 17.7. The van der Waals surface area contributed by atoms with Gasteiger partial charge < -0.3 is 65.6 Å². The molecular formula is C40H45N7O13S3. The van der Waals surface area contributed by atoms with Crippen LogP contribution in [-0.4, -0.2) is 110 Å². The van der Waals surface area contributed by atoms with Crippen molar-refractivity contribution in [3.8, 4) is 23.0 Å². The summed E-state index contributed by atoms with van der Waals surface area (Å²) in [6.45, 7) is 4.79. The van der Waals surface area contributed by atoms with E-state index in [4.69, 9.17) is 19.6 Å². The van der Waals surface area contributed by atoms with E-state index < -0.39 is 21.7 Å². The fourth-order valence-electron chi connectivity index (χ4n) is 5.84. The molecule has 0 spiro atoms. The highest BCUT2D eigenvalue weighted by Gasteiger charge is 2.45. The van der Waals surface area contributed by atoms with E-state index in [1.54, 1.807) is 47.7 Å². The van der Waals surface area contributed by atoms with Crippen molar-refractivity contribution in [1.82, 2.24) is 14.7 Å².